The molecule has 2 fully saturated rings. The fourth-order valence-electron chi connectivity index (χ4n) is 6.82. The highest BCUT2D eigenvalue weighted by Gasteiger charge is 2.36. The molecule has 0 spiro atoms. The minimum atomic E-state index is -1.02. The van der Waals surface area contributed by atoms with Crippen LogP contribution in [0.15, 0.2) is 48.8 Å². The lowest BCUT2D eigenvalue weighted by Crippen LogP contribution is -2.56. The zero-order valence-electron chi connectivity index (χ0n) is 26.8. The molecule has 3 aliphatic rings. The number of carbonyl (C=O) groups is 1. The molecule has 6 rings (SSSR count). The number of fused-ring (bicyclic) bond motifs is 2. The van der Waals surface area contributed by atoms with Crippen LogP contribution in [0.2, 0.25) is 5.02 Å². The van der Waals surface area contributed by atoms with E-state index in [1.165, 1.54) is 24.2 Å². The highest BCUT2D eigenvalue weighted by Crippen LogP contribution is 2.38. The summed E-state index contributed by atoms with van der Waals surface area (Å²) in [5, 5.41) is 12.3. The van der Waals surface area contributed by atoms with Crippen LogP contribution < -0.4 is 14.5 Å². The summed E-state index contributed by atoms with van der Waals surface area (Å²) in [6.45, 7) is 10.3. The quantitative estimate of drug-likeness (QED) is 0.266. The molecule has 1 saturated heterocycles. The molecule has 3 heterocycles. The maximum absolute atomic E-state index is 13.9. The standard InChI is InChI=1S/C35H41ClFN7O2/c1-23(37)33(45)44-19-18-43(20-26(44)14-16-38)32-27-15-17-42(30-13-6-9-24-8-5-12-28(36)31(24)30)21-29(27)39-34(40-32)46-22-35(2,3)41(4)25-10-7-11-25/h5-6,8-9,12-13,25-26H,1,7,10-11,14-15,17-22H2,2-4H3. The van der Waals surface area contributed by atoms with Crippen LogP contribution in [-0.2, 0) is 17.8 Å². The summed E-state index contributed by atoms with van der Waals surface area (Å²) in [5.41, 5.74) is 2.71. The molecule has 1 saturated carbocycles. The Bertz CT molecular complexity index is 1680. The lowest BCUT2D eigenvalue weighted by molar-refractivity contribution is -0.131. The van der Waals surface area contributed by atoms with Crippen LogP contribution in [0.5, 0.6) is 6.01 Å². The summed E-state index contributed by atoms with van der Waals surface area (Å²) in [6, 6.07) is 14.7. The fraction of sp³-hybridized carbons (Fsp3) is 0.486. The van der Waals surface area contributed by atoms with Gasteiger partial charge < -0.3 is 19.4 Å². The van der Waals surface area contributed by atoms with Crippen molar-refractivity contribution in [3.8, 4) is 12.1 Å². The molecule has 46 heavy (non-hydrogen) atoms. The average molecular weight is 646 g/mol. The highest BCUT2D eigenvalue weighted by atomic mass is 35.5. The van der Waals surface area contributed by atoms with E-state index >= 15 is 0 Å². The van der Waals surface area contributed by atoms with Crippen LogP contribution in [0, 0.1) is 11.3 Å². The van der Waals surface area contributed by atoms with Crippen molar-refractivity contribution in [2.45, 2.75) is 70.1 Å². The molecule has 0 N–H and O–H groups in total. The molecule has 11 heteroatoms. The second kappa shape index (κ2) is 13.0. The monoisotopic (exact) mass is 645 g/mol. The molecule has 0 bridgehead atoms. The third-order valence-electron chi connectivity index (χ3n) is 9.93. The minimum absolute atomic E-state index is 0.0729. The van der Waals surface area contributed by atoms with Crippen molar-refractivity contribution < 1.29 is 13.9 Å². The van der Waals surface area contributed by atoms with Gasteiger partial charge in [-0.2, -0.15) is 15.2 Å². The molecule has 1 amide bonds. The number of nitriles is 1. The molecule has 1 aliphatic carbocycles. The lowest BCUT2D eigenvalue weighted by Gasteiger charge is -2.44. The number of likely N-dealkylation sites (N-methyl/N-ethyl adjacent to an activating group) is 1. The van der Waals surface area contributed by atoms with Crippen LogP contribution in [0.25, 0.3) is 10.8 Å². The molecule has 9 nitrogen and oxygen atoms in total. The van der Waals surface area contributed by atoms with Crippen LogP contribution in [0.1, 0.15) is 50.8 Å². The number of piperazine rings is 1. The van der Waals surface area contributed by atoms with Crippen molar-refractivity contribution in [3.05, 3.63) is 65.1 Å². The van der Waals surface area contributed by atoms with E-state index in [4.69, 9.17) is 26.3 Å². The Labute approximate surface area is 275 Å². The summed E-state index contributed by atoms with van der Waals surface area (Å²) in [6.07, 6.45) is 4.41. The molecule has 2 aliphatic heterocycles. The number of carbonyl (C=O) groups excluding carboxylic acids is 1. The normalized spacial score (nSPS) is 18.7. The first-order valence-electron chi connectivity index (χ1n) is 16.0. The molecule has 1 unspecified atom stereocenters. The van der Waals surface area contributed by atoms with Gasteiger partial charge in [0.05, 0.1) is 35.8 Å². The number of anilines is 2. The van der Waals surface area contributed by atoms with E-state index in [2.05, 4.69) is 66.4 Å². The second-order valence-electron chi connectivity index (χ2n) is 13.2. The number of rotatable bonds is 9. The maximum atomic E-state index is 13.9. The highest BCUT2D eigenvalue weighted by molar-refractivity contribution is 6.36. The number of hydrogen-bond acceptors (Lipinski definition) is 8. The Morgan fingerprint density at radius 2 is 1.93 bits per heavy atom. The predicted molar refractivity (Wildman–Crippen MR) is 179 cm³/mol. The van der Waals surface area contributed by atoms with E-state index in [9.17, 15) is 14.4 Å². The van der Waals surface area contributed by atoms with Crippen LogP contribution in [0.3, 0.4) is 0 Å². The van der Waals surface area contributed by atoms with Crippen molar-refractivity contribution >= 4 is 39.8 Å². The van der Waals surface area contributed by atoms with E-state index in [0.29, 0.717) is 49.7 Å². The number of amides is 1. The van der Waals surface area contributed by atoms with Gasteiger partial charge in [0, 0.05) is 54.4 Å². The lowest BCUT2D eigenvalue weighted by atomic mass is 9.88. The van der Waals surface area contributed by atoms with Gasteiger partial charge in [0.15, 0.2) is 5.83 Å². The van der Waals surface area contributed by atoms with Crippen LogP contribution in [0.4, 0.5) is 15.9 Å². The van der Waals surface area contributed by atoms with Gasteiger partial charge in [0.2, 0.25) is 0 Å². The minimum Gasteiger partial charge on any atom is -0.461 e. The molecular formula is C35H41ClFN7O2. The Morgan fingerprint density at radius 3 is 2.63 bits per heavy atom. The van der Waals surface area contributed by atoms with E-state index in [1.54, 1.807) is 0 Å². The van der Waals surface area contributed by atoms with Gasteiger partial charge in [-0.3, -0.25) is 9.69 Å². The predicted octanol–water partition coefficient (Wildman–Crippen LogP) is 5.90. The summed E-state index contributed by atoms with van der Waals surface area (Å²) in [5.74, 6) is -1.04. The Morgan fingerprint density at radius 1 is 1.17 bits per heavy atom. The molecule has 1 aromatic heterocycles. The molecular weight excluding hydrogens is 605 g/mol. The first kappa shape index (κ1) is 32.0. The van der Waals surface area contributed by atoms with Crippen molar-refractivity contribution in [2.75, 3.05) is 49.6 Å². The van der Waals surface area contributed by atoms with Crippen molar-refractivity contribution in [1.82, 2.24) is 19.8 Å². The van der Waals surface area contributed by atoms with E-state index < -0.39 is 17.8 Å². The third kappa shape index (κ3) is 6.23. The molecule has 242 valence electrons. The number of halogens is 2. The SMILES string of the molecule is C=C(F)C(=O)N1CCN(c2nc(OCC(C)(C)N(C)C3CCC3)nc3c2CCN(c2cccc4cccc(Cl)c24)C3)CC1CC#N. The van der Waals surface area contributed by atoms with Crippen molar-refractivity contribution in [2.24, 2.45) is 0 Å². The number of nitrogens with zero attached hydrogens (tertiary/aromatic N) is 7. The van der Waals surface area contributed by atoms with Gasteiger partial charge in [-0.15, -0.1) is 0 Å². The Kier molecular flexibility index (Phi) is 9.08. The largest absolute Gasteiger partial charge is 0.461 e. The van der Waals surface area contributed by atoms with Gasteiger partial charge in [-0.1, -0.05) is 48.9 Å². The summed E-state index contributed by atoms with van der Waals surface area (Å²) < 4.78 is 20.3. The van der Waals surface area contributed by atoms with Gasteiger partial charge in [-0.25, -0.2) is 4.39 Å². The zero-order valence-corrected chi connectivity index (χ0v) is 27.6. The van der Waals surface area contributed by atoms with Gasteiger partial charge in [-0.05, 0) is 57.7 Å². The Balaban J connectivity index is 1.33. The number of ether oxygens (including phenoxy) is 1. The fourth-order valence-corrected chi connectivity index (χ4v) is 7.10. The summed E-state index contributed by atoms with van der Waals surface area (Å²) in [4.78, 5) is 30.7. The van der Waals surface area contributed by atoms with Crippen molar-refractivity contribution in [1.29, 1.82) is 5.26 Å². The van der Waals surface area contributed by atoms with E-state index in [1.807, 2.05) is 18.2 Å². The zero-order chi connectivity index (χ0) is 32.6. The van der Waals surface area contributed by atoms with Crippen LogP contribution in [-0.4, -0.2) is 83.1 Å². The number of hydrogen-bond donors (Lipinski definition) is 0. The van der Waals surface area contributed by atoms with E-state index in [-0.39, 0.29) is 18.5 Å². The maximum Gasteiger partial charge on any atom is 0.318 e. The smallest absolute Gasteiger partial charge is 0.318 e. The van der Waals surface area contributed by atoms with Gasteiger partial charge >= 0.3 is 6.01 Å². The van der Waals surface area contributed by atoms with Gasteiger partial charge in [0.25, 0.3) is 5.91 Å². The summed E-state index contributed by atoms with van der Waals surface area (Å²) in [7, 11) is 2.15. The first-order chi connectivity index (χ1) is 22.1. The molecule has 2 aromatic carbocycles. The topological polar surface area (TPSA) is 88.8 Å². The van der Waals surface area contributed by atoms with E-state index in [0.717, 1.165) is 40.1 Å². The average Bonchev–Trinajstić information content (AvgIpc) is 3.02. The van der Waals surface area contributed by atoms with Crippen molar-refractivity contribution in [3.63, 3.8) is 0 Å². The molecule has 3 aromatic rings. The number of aromatic nitrogens is 2. The summed E-state index contributed by atoms with van der Waals surface area (Å²) >= 11 is 6.71. The Hall–Kier alpha value is -3.94. The van der Waals surface area contributed by atoms with Gasteiger partial charge in [0.1, 0.15) is 12.4 Å². The third-order valence-corrected chi connectivity index (χ3v) is 10.2. The molecule has 0 radical (unpaired) electrons. The van der Waals surface area contributed by atoms with Crippen LogP contribution >= 0.6 is 11.6 Å². The number of benzene rings is 2. The molecule has 1 atom stereocenters. The second-order valence-corrected chi connectivity index (χ2v) is 13.6. The first-order valence-corrected chi connectivity index (χ1v) is 16.4.